The lowest BCUT2D eigenvalue weighted by atomic mass is 10.1. The van der Waals surface area contributed by atoms with E-state index in [9.17, 15) is 15.2 Å². The van der Waals surface area contributed by atoms with E-state index in [1.165, 1.54) is 12.1 Å². The highest BCUT2D eigenvalue weighted by molar-refractivity contribution is 5.63. The minimum atomic E-state index is -0.912. The van der Waals surface area contributed by atoms with Gasteiger partial charge in [0.25, 0.3) is 5.69 Å². The Morgan fingerprint density at radius 2 is 2.16 bits per heavy atom. The van der Waals surface area contributed by atoms with Crippen LogP contribution < -0.4 is 4.90 Å². The van der Waals surface area contributed by atoms with Crippen LogP contribution in [0.4, 0.5) is 11.4 Å². The molecule has 0 aliphatic heterocycles. The number of nitro benzene ring substituents is 1. The smallest absolute Gasteiger partial charge is 0.270 e. The fourth-order valence-electron chi connectivity index (χ4n) is 1.84. The maximum atomic E-state index is 10.7. The summed E-state index contributed by atoms with van der Waals surface area (Å²) in [6.07, 6.45) is 0. The minimum absolute atomic E-state index is 0.111. The predicted octanol–water partition coefficient (Wildman–Crippen LogP) is 2.06. The number of aliphatic hydroxyl groups is 1. The van der Waals surface area contributed by atoms with Crippen molar-refractivity contribution in [3.8, 4) is 6.07 Å². The number of nitriles is 1. The lowest BCUT2D eigenvalue weighted by Crippen LogP contribution is -2.39. The summed E-state index contributed by atoms with van der Waals surface area (Å²) in [6, 6.07) is 6.13. The van der Waals surface area contributed by atoms with Crippen LogP contribution in [0.5, 0.6) is 0 Å². The molecule has 0 aliphatic carbocycles. The molecule has 0 unspecified atom stereocenters. The highest BCUT2D eigenvalue weighted by Crippen LogP contribution is 2.26. The van der Waals surface area contributed by atoms with Crippen molar-refractivity contribution in [2.75, 3.05) is 18.0 Å². The molecule has 0 amide bonds. The van der Waals surface area contributed by atoms with Crippen molar-refractivity contribution < 1.29 is 10.0 Å². The van der Waals surface area contributed by atoms with Crippen molar-refractivity contribution in [1.29, 1.82) is 5.26 Å². The van der Waals surface area contributed by atoms with Crippen LogP contribution in [0.1, 0.15) is 26.3 Å². The van der Waals surface area contributed by atoms with Crippen LogP contribution in [0.15, 0.2) is 18.2 Å². The maximum Gasteiger partial charge on any atom is 0.270 e. The fourth-order valence-corrected chi connectivity index (χ4v) is 1.84. The standard InChI is InChI=1S/C13H17N3O3/c1-4-15(9-13(2,3)17)12-6-5-11(16(18)19)7-10(12)8-14/h5-7,17H,4,9H2,1-3H3. The molecule has 19 heavy (non-hydrogen) atoms. The molecule has 0 saturated heterocycles. The molecule has 1 N–H and O–H groups in total. The van der Waals surface area contributed by atoms with Crippen LogP contribution in [0.25, 0.3) is 0 Å². The van der Waals surface area contributed by atoms with E-state index in [2.05, 4.69) is 0 Å². The summed E-state index contributed by atoms with van der Waals surface area (Å²) in [4.78, 5) is 12.0. The first-order valence-corrected chi connectivity index (χ1v) is 5.94. The van der Waals surface area contributed by atoms with Crippen LogP contribution in [-0.2, 0) is 0 Å². The number of anilines is 1. The van der Waals surface area contributed by atoms with Crippen LogP contribution in [0.2, 0.25) is 0 Å². The maximum absolute atomic E-state index is 10.7. The molecule has 1 aromatic rings. The number of rotatable bonds is 5. The van der Waals surface area contributed by atoms with Crippen molar-refractivity contribution in [3.05, 3.63) is 33.9 Å². The second kappa shape index (κ2) is 5.67. The number of hydrogen-bond acceptors (Lipinski definition) is 5. The summed E-state index contributed by atoms with van der Waals surface area (Å²) in [7, 11) is 0. The van der Waals surface area contributed by atoms with E-state index < -0.39 is 10.5 Å². The second-order valence-corrected chi connectivity index (χ2v) is 4.90. The predicted molar refractivity (Wildman–Crippen MR) is 72.0 cm³/mol. The van der Waals surface area contributed by atoms with Gasteiger partial charge in [-0.15, -0.1) is 0 Å². The summed E-state index contributed by atoms with van der Waals surface area (Å²) < 4.78 is 0. The van der Waals surface area contributed by atoms with Crippen molar-refractivity contribution in [2.24, 2.45) is 0 Å². The molecule has 0 aromatic heterocycles. The van der Waals surface area contributed by atoms with Crippen LogP contribution in [-0.4, -0.2) is 28.7 Å². The van der Waals surface area contributed by atoms with Gasteiger partial charge in [0.2, 0.25) is 0 Å². The zero-order valence-corrected chi connectivity index (χ0v) is 11.3. The first-order valence-electron chi connectivity index (χ1n) is 5.94. The number of likely N-dealkylation sites (N-methyl/N-ethyl adjacent to an activating group) is 1. The lowest BCUT2D eigenvalue weighted by Gasteiger charge is -2.30. The monoisotopic (exact) mass is 263 g/mol. The van der Waals surface area contributed by atoms with Gasteiger partial charge in [0, 0.05) is 25.2 Å². The van der Waals surface area contributed by atoms with Gasteiger partial charge in [-0.05, 0) is 26.8 Å². The van der Waals surface area contributed by atoms with Gasteiger partial charge in [0.1, 0.15) is 6.07 Å². The van der Waals surface area contributed by atoms with Crippen molar-refractivity contribution in [1.82, 2.24) is 0 Å². The van der Waals surface area contributed by atoms with E-state index in [0.717, 1.165) is 0 Å². The molecule has 0 saturated carbocycles. The average Bonchev–Trinajstić information content (AvgIpc) is 2.34. The Hall–Kier alpha value is -2.13. The largest absolute Gasteiger partial charge is 0.389 e. The SMILES string of the molecule is CCN(CC(C)(C)O)c1ccc([N+](=O)[O-])cc1C#N. The summed E-state index contributed by atoms with van der Waals surface area (Å²) in [6.45, 7) is 6.18. The van der Waals surface area contributed by atoms with Gasteiger partial charge < -0.3 is 10.0 Å². The first kappa shape index (κ1) is 14.9. The topological polar surface area (TPSA) is 90.4 Å². The van der Waals surface area contributed by atoms with Crippen molar-refractivity contribution in [3.63, 3.8) is 0 Å². The summed E-state index contributed by atoms with van der Waals surface area (Å²) >= 11 is 0. The second-order valence-electron chi connectivity index (χ2n) is 4.90. The Labute approximate surface area is 112 Å². The van der Waals surface area contributed by atoms with E-state index in [-0.39, 0.29) is 11.3 Å². The Kier molecular flexibility index (Phi) is 4.46. The molecule has 0 atom stereocenters. The zero-order valence-electron chi connectivity index (χ0n) is 11.3. The van der Waals surface area contributed by atoms with Crippen LogP contribution in [0, 0.1) is 21.4 Å². The van der Waals surface area contributed by atoms with Gasteiger partial charge >= 0.3 is 0 Å². The Bertz CT molecular complexity index is 515. The van der Waals surface area contributed by atoms with Gasteiger partial charge in [-0.1, -0.05) is 0 Å². The Morgan fingerprint density at radius 1 is 1.53 bits per heavy atom. The number of nitro groups is 1. The number of hydrogen-bond donors (Lipinski definition) is 1. The molecule has 102 valence electrons. The van der Waals surface area contributed by atoms with E-state index in [0.29, 0.717) is 18.8 Å². The summed E-state index contributed by atoms with van der Waals surface area (Å²) in [5.74, 6) is 0. The molecule has 0 spiro atoms. The lowest BCUT2D eigenvalue weighted by molar-refractivity contribution is -0.384. The molecular weight excluding hydrogens is 246 g/mol. The third-order valence-corrected chi connectivity index (χ3v) is 2.61. The molecular formula is C13H17N3O3. The van der Waals surface area contributed by atoms with Crippen LogP contribution >= 0.6 is 0 Å². The molecule has 6 nitrogen and oxygen atoms in total. The van der Waals surface area contributed by atoms with Crippen molar-refractivity contribution >= 4 is 11.4 Å². The first-order chi connectivity index (χ1) is 8.78. The molecule has 0 aliphatic rings. The number of non-ortho nitro benzene ring substituents is 1. The summed E-state index contributed by atoms with van der Waals surface area (Å²) in [5.41, 5.74) is -0.192. The van der Waals surface area contributed by atoms with Gasteiger partial charge in [0.05, 0.1) is 21.8 Å². The average molecular weight is 263 g/mol. The fraction of sp³-hybridized carbons (Fsp3) is 0.462. The Balaban J connectivity index is 3.18. The minimum Gasteiger partial charge on any atom is -0.389 e. The number of nitrogens with zero attached hydrogens (tertiary/aromatic N) is 3. The third kappa shape index (κ3) is 3.93. The highest BCUT2D eigenvalue weighted by Gasteiger charge is 2.21. The third-order valence-electron chi connectivity index (χ3n) is 2.61. The van der Waals surface area contributed by atoms with Crippen molar-refractivity contribution in [2.45, 2.75) is 26.4 Å². The van der Waals surface area contributed by atoms with Gasteiger partial charge in [-0.2, -0.15) is 5.26 Å². The normalized spacial score (nSPS) is 10.9. The molecule has 0 heterocycles. The van der Waals surface area contributed by atoms with Gasteiger partial charge in [-0.25, -0.2) is 0 Å². The molecule has 0 fully saturated rings. The molecule has 1 rings (SSSR count). The van der Waals surface area contributed by atoms with E-state index >= 15 is 0 Å². The molecule has 1 aromatic carbocycles. The molecule has 0 radical (unpaired) electrons. The Morgan fingerprint density at radius 3 is 2.58 bits per heavy atom. The van der Waals surface area contributed by atoms with E-state index in [1.807, 2.05) is 17.9 Å². The van der Waals surface area contributed by atoms with Gasteiger partial charge in [-0.3, -0.25) is 10.1 Å². The van der Waals surface area contributed by atoms with E-state index in [1.54, 1.807) is 19.9 Å². The quantitative estimate of drug-likeness (QED) is 0.648. The van der Waals surface area contributed by atoms with Gasteiger partial charge in [0.15, 0.2) is 0 Å². The highest BCUT2D eigenvalue weighted by atomic mass is 16.6. The molecule has 0 bridgehead atoms. The zero-order chi connectivity index (χ0) is 14.6. The van der Waals surface area contributed by atoms with E-state index in [4.69, 9.17) is 5.26 Å². The van der Waals surface area contributed by atoms with Crippen LogP contribution in [0.3, 0.4) is 0 Å². The molecule has 6 heteroatoms. The summed E-state index contributed by atoms with van der Waals surface area (Å²) in [5, 5.41) is 29.7. The number of benzene rings is 1.